The quantitative estimate of drug-likeness (QED) is 0.492. The Labute approximate surface area is 182 Å². The molecule has 1 aromatic heterocycles. The van der Waals surface area contributed by atoms with Crippen molar-refractivity contribution in [2.24, 2.45) is 5.92 Å². The van der Waals surface area contributed by atoms with Gasteiger partial charge in [-0.15, -0.1) is 0 Å². The number of piperazine rings is 1. The maximum atomic E-state index is 13.8. The van der Waals surface area contributed by atoms with Crippen molar-refractivity contribution in [1.82, 2.24) is 10.1 Å². The third kappa shape index (κ3) is 2.88. The van der Waals surface area contributed by atoms with E-state index in [2.05, 4.69) is 39.9 Å². The Hall–Kier alpha value is -2.86. The van der Waals surface area contributed by atoms with Crippen molar-refractivity contribution in [3.63, 3.8) is 0 Å². The van der Waals surface area contributed by atoms with Crippen LogP contribution < -0.4 is 9.80 Å². The molecule has 6 heteroatoms. The fourth-order valence-corrected chi connectivity index (χ4v) is 5.47. The van der Waals surface area contributed by atoms with Crippen molar-refractivity contribution >= 4 is 28.1 Å². The Morgan fingerprint density at radius 2 is 1.77 bits per heavy atom. The average Bonchev–Trinajstić information content (AvgIpc) is 3.23. The van der Waals surface area contributed by atoms with Gasteiger partial charge in [-0.2, -0.15) is 0 Å². The molecule has 0 radical (unpaired) electrons. The number of rotatable bonds is 2. The van der Waals surface area contributed by atoms with E-state index in [1.165, 1.54) is 6.42 Å². The first-order valence-electron chi connectivity index (χ1n) is 11.4. The predicted octanol–water partition coefficient (Wildman–Crippen LogP) is 4.03. The first-order valence-corrected chi connectivity index (χ1v) is 11.4. The third-order valence-electron chi connectivity index (χ3n) is 7.20. The molecule has 1 atom stereocenters. The van der Waals surface area contributed by atoms with Crippen LogP contribution in [0.15, 0.2) is 34.9 Å². The lowest BCUT2D eigenvalue weighted by molar-refractivity contribution is 0.104. The van der Waals surface area contributed by atoms with E-state index in [0.717, 1.165) is 84.9 Å². The summed E-state index contributed by atoms with van der Waals surface area (Å²) in [5.41, 5.74) is 5.32. The Balaban J connectivity index is 1.60. The van der Waals surface area contributed by atoms with Gasteiger partial charge in [0.25, 0.3) is 0 Å². The molecule has 1 aliphatic carbocycles. The maximum absolute atomic E-state index is 13.8. The normalized spacial score (nSPS) is 21.6. The fraction of sp³-hybridized carbons (Fsp3) is 0.440. The molecule has 31 heavy (non-hydrogen) atoms. The molecule has 0 N–H and O–H groups in total. The number of anilines is 2. The highest BCUT2D eigenvalue weighted by Gasteiger charge is 2.35. The summed E-state index contributed by atoms with van der Waals surface area (Å²) in [7, 11) is 2.17. The van der Waals surface area contributed by atoms with Gasteiger partial charge in [0.05, 0.1) is 22.3 Å². The summed E-state index contributed by atoms with van der Waals surface area (Å²) in [6.45, 7) is 8.22. The minimum absolute atomic E-state index is 0.0921. The van der Waals surface area contributed by atoms with Crippen molar-refractivity contribution in [1.29, 1.82) is 0 Å². The Morgan fingerprint density at radius 3 is 2.55 bits per heavy atom. The molecule has 0 spiro atoms. The summed E-state index contributed by atoms with van der Waals surface area (Å²) < 4.78 is 5.93. The largest absolute Gasteiger partial charge is 0.371 e. The minimum Gasteiger partial charge on any atom is -0.371 e. The van der Waals surface area contributed by atoms with Gasteiger partial charge in [-0.25, -0.2) is 0 Å². The SMILES string of the molecule is C[C@H]1CCCN(c2cc(N3CCN(C)CC3)c3noc4c3c2C(=O)c2ccccc2-4)C1. The first kappa shape index (κ1) is 18.9. The number of carbonyl (C=O) groups is 1. The first-order chi connectivity index (χ1) is 15.1. The zero-order chi connectivity index (χ0) is 21.1. The number of hydrogen-bond donors (Lipinski definition) is 0. The zero-order valence-electron chi connectivity index (χ0n) is 18.2. The molecule has 0 bridgehead atoms. The molecule has 2 aromatic carbocycles. The van der Waals surface area contributed by atoms with Gasteiger partial charge in [0, 0.05) is 50.4 Å². The molecule has 0 amide bonds. The van der Waals surface area contributed by atoms with Crippen LogP contribution in [0.2, 0.25) is 0 Å². The molecular weight excluding hydrogens is 388 g/mol. The molecule has 2 fully saturated rings. The number of benzene rings is 2. The molecule has 6 rings (SSSR count). The monoisotopic (exact) mass is 416 g/mol. The number of carbonyl (C=O) groups excluding carboxylic acids is 1. The van der Waals surface area contributed by atoms with Crippen LogP contribution in [-0.4, -0.2) is 62.2 Å². The highest BCUT2D eigenvalue weighted by molar-refractivity contribution is 6.28. The Kier molecular flexibility index (Phi) is 4.32. The highest BCUT2D eigenvalue weighted by Crippen LogP contribution is 2.47. The summed E-state index contributed by atoms with van der Waals surface area (Å²) in [6.07, 6.45) is 2.40. The topological polar surface area (TPSA) is 52.8 Å². The Morgan fingerprint density at radius 1 is 1.00 bits per heavy atom. The van der Waals surface area contributed by atoms with Crippen LogP contribution >= 0.6 is 0 Å². The second kappa shape index (κ2) is 7.09. The number of ketones is 1. The van der Waals surface area contributed by atoms with Crippen molar-refractivity contribution in [2.75, 3.05) is 56.1 Å². The van der Waals surface area contributed by atoms with Crippen LogP contribution in [0.25, 0.3) is 22.2 Å². The van der Waals surface area contributed by atoms with Gasteiger partial charge in [-0.05, 0) is 31.9 Å². The summed E-state index contributed by atoms with van der Waals surface area (Å²) >= 11 is 0. The number of aromatic nitrogens is 1. The summed E-state index contributed by atoms with van der Waals surface area (Å²) in [5, 5.41) is 5.41. The van der Waals surface area contributed by atoms with Crippen molar-refractivity contribution < 1.29 is 9.32 Å². The van der Waals surface area contributed by atoms with Crippen LogP contribution in [0.5, 0.6) is 0 Å². The molecule has 0 saturated carbocycles. The van der Waals surface area contributed by atoms with Crippen LogP contribution in [0.3, 0.4) is 0 Å². The average molecular weight is 417 g/mol. The molecule has 6 nitrogen and oxygen atoms in total. The minimum atomic E-state index is 0.0921. The van der Waals surface area contributed by atoms with Crippen molar-refractivity contribution in [2.45, 2.75) is 19.8 Å². The third-order valence-corrected chi connectivity index (χ3v) is 7.20. The van der Waals surface area contributed by atoms with Crippen molar-refractivity contribution in [3.05, 3.63) is 41.5 Å². The lowest BCUT2D eigenvalue weighted by Gasteiger charge is -2.37. The van der Waals surface area contributed by atoms with E-state index < -0.39 is 0 Å². The smallest absolute Gasteiger partial charge is 0.196 e. The molecule has 3 heterocycles. The Bertz CT molecular complexity index is 1180. The zero-order valence-corrected chi connectivity index (χ0v) is 18.2. The highest BCUT2D eigenvalue weighted by atomic mass is 16.5. The van der Waals surface area contributed by atoms with Crippen LogP contribution in [0.1, 0.15) is 35.7 Å². The second-order valence-electron chi connectivity index (χ2n) is 9.38. The summed E-state index contributed by atoms with van der Waals surface area (Å²) in [4.78, 5) is 20.9. The standard InChI is InChI=1S/C25H28N4O2/c1-16-6-5-9-29(15-16)19-14-20(28-12-10-27(2)11-13-28)23-22-21(19)24(30)17-7-3-4-8-18(17)25(22)31-26-23/h3-4,7-8,14,16H,5-6,9-13,15H2,1-2H3/t16-/m0/s1. The molecule has 3 aromatic rings. The number of fused-ring (bicyclic) bond motifs is 2. The molecule has 3 aliphatic rings. The van der Waals surface area contributed by atoms with Gasteiger partial charge in [0.1, 0.15) is 5.52 Å². The van der Waals surface area contributed by atoms with E-state index in [4.69, 9.17) is 4.52 Å². The van der Waals surface area contributed by atoms with Crippen molar-refractivity contribution in [3.8, 4) is 11.3 Å². The van der Waals surface area contributed by atoms with E-state index in [9.17, 15) is 4.79 Å². The lowest BCUT2D eigenvalue weighted by Crippen LogP contribution is -2.44. The number of hydrogen-bond acceptors (Lipinski definition) is 6. The summed E-state index contributed by atoms with van der Waals surface area (Å²) in [5.74, 6) is 1.45. The van der Waals surface area contributed by atoms with Crippen LogP contribution in [0.4, 0.5) is 11.4 Å². The van der Waals surface area contributed by atoms with Gasteiger partial charge < -0.3 is 19.2 Å². The van der Waals surface area contributed by atoms with E-state index in [-0.39, 0.29) is 5.78 Å². The molecule has 2 aliphatic heterocycles. The van der Waals surface area contributed by atoms with Gasteiger partial charge in [0.15, 0.2) is 11.5 Å². The molecular formula is C25H28N4O2. The summed E-state index contributed by atoms with van der Waals surface area (Å²) in [6, 6.07) is 9.99. The van der Waals surface area contributed by atoms with Crippen LogP contribution in [-0.2, 0) is 0 Å². The molecule has 0 unspecified atom stereocenters. The van der Waals surface area contributed by atoms with E-state index in [0.29, 0.717) is 11.5 Å². The number of nitrogens with zero attached hydrogens (tertiary/aromatic N) is 4. The molecule has 160 valence electrons. The van der Waals surface area contributed by atoms with E-state index >= 15 is 0 Å². The van der Waals surface area contributed by atoms with Gasteiger partial charge in [-0.3, -0.25) is 4.79 Å². The van der Waals surface area contributed by atoms with E-state index in [1.807, 2.05) is 24.3 Å². The predicted molar refractivity (Wildman–Crippen MR) is 123 cm³/mol. The van der Waals surface area contributed by atoms with Gasteiger partial charge in [0.2, 0.25) is 0 Å². The van der Waals surface area contributed by atoms with Gasteiger partial charge in [-0.1, -0.05) is 36.3 Å². The maximum Gasteiger partial charge on any atom is 0.196 e. The number of likely N-dealkylation sites (N-methyl/N-ethyl adjacent to an activating group) is 1. The number of piperidine rings is 1. The van der Waals surface area contributed by atoms with E-state index in [1.54, 1.807) is 0 Å². The lowest BCUT2D eigenvalue weighted by atomic mass is 9.85. The molecule has 2 saturated heterocycles. The second-order valence-corrected chi connectivity index (χ2v) is 9.38. The van der Waals surface area contributed by atoms with Crippen LogP contribution in [0, 0.1) is 5.92 Å². The fourth-order valence-electron chi connectivity index (χ4n) is 5.47. The van der Waals surface area contributed by atoms with Gasteiger partial charge >= 0.3 is 0 Å².